The number of carbonyl (C=O) groups excluding carboxylic acids is 1. The third kappa shape index (κ3) is 3.61. The molecule has 1 saturated heterocycles. The zero-order chi connectivity index (χ0) is 19.7. The first-order chi connectivity index (χ1) is 13.4. The lowest BCUT2D eigenvalue weighted by Gasteiger charge is -2.33. The van der Waals surface area contributed by atoms with E-state index in [1.807, 2.05) is 30.3 Å². The molecule has 3 heterocycles. The Morgan fingerprint density at radius 1 is 1.14 bits per heavy atom. The van der Waals surface area contributed by atoms with Crippen LogP contribution in [0.1, 0.15) is 36.1 Å². The Hall–Kier alpha value is -2.83. The molecule has 0 radical (unpaired) electrons. The minimum atomic E-state index is -4.51. The van der Waals surface area contributed by atoms with Gasteiger partial charge in [0.1, 0.15) is 6.61 Å². The zero-order valence-electron chi connectivity index (χ0n) is 15.0. The maximum absolute atomic E-state index is 13.3. The summed E-state index contributed by atoms with van der Waals surface area (Å²) in [6.07, 6.45) is -0.192. The highest BCUT2D eigenvalue weighted by Crippen LogP contribution is 2.42. The van der Waals surface area contributed by atoms with Crippen LogP contribution in [0, 0.1) is 0 Å². The molecule has 0 aliphatic carbocycles. The van der Waals surface area contributed by atoms with Crippen LogP contribution in [0.5, 0.6) is 0 Å². The number of hydrogen-bond donors (Lipinski definition) is 0. The number of fused-ring (bicyclic) bond motifs is 2. The van der Waals surface area contributed by atoms with Crippen molar-refractivity contribution in [1.29, 1.82) is 0 Å². The summed E-state index contributed by atoms with van der Waals surface area (Å²) in [5.74, 6) is 0. The first-order valence-electron chi connectivity index (χ1n) is 9.16. The predicted molar refractivity (Wildman–Crippen MR) is 97.1 cm³/mol. The van der Waals surface area contributed by atoms with Crippen LogP contribution in [0.25, 0.3) is 5.57 Å². The molecule has 1 aromatic heterocycles. The van der Waals surface area contributed by atoms with Crippen LogP contribution in [0.2, 0.25) is 0 Å². The quantitative estimate of drug-likeness (QED) is 0.738. The average Bonchev–Trinajstić information content (AvgIpc) is 2.96. The molecule has 146 valence electrons. The highest BCUT2D eigenvalue weighted by atomic mass is 19.4. The summed E-state index contributed by atoms with van der Waals surface area (Å²) in [6.45, 7) is 0.174. The maximum Gasteiger partial charge on any atom is 0.433 e. The van der Waals surface area contributed by atoms with E-state index in [9.17, 15) is 18.0 Å². The molecular weight excluding hydrogens is 369 g/mol. The van der Waals surface area contributed by atoms with Crippen LogP contribution in [-0.4, -0.2) is 28.1 Å². The van der Waals surface area contributed by atoms with E-state index in [0.717, 1.165) is 24.6 Å². The second kappa shape index (κ2) is 7.30. The third-order valence-electron chi connectivity index (χ3n) is 5.23. The fourth-order valence-corrected chi connectivity index (χ4v) is 4.00. The van der Waals surface area contributed by atoms with Gasteiger partial charge in [0.05, 0.1) is 6.04 Å². The van der Waals surface area contributed by atoms with Gasteiger partial charge in [0, 0.05) is 17.8 Å². The van der Waals surface area contributed by atoms with E-state index in [1.54, 1.807) is 11.0 Å². The SMILES string of the molecule is O=C(OCc1ccccc1)N1C2C=C(c3cccnc3C(F)(F)F)CC1CC2. The lowest BCUT2D eigenvalue weighted by Crippen LogP contribution is -2.43. The number of carbonyl (C=O) groups is 1. The largest absolute Gasteiger partial charge is 0.445 e. The van der Waals surface area contributed by atoms with Crippen LogP contribution in [0.15, 0.2) is 54.7 Å². The number of amides is 1. The fourth-order valence-electron chi connectivity index (χ4n) is 4.00. The number of ether oxygens (including phenoxy) is 1. The summed E-state index contributed by atoms with van der Waals surface area (Å²) in [6, 6.07) is 11.9. The van der Waals surface area contributed by atoms with Gasteiger partial charge in [-0.1, -0.05) is 42.5 Å². The highest BCUT2D eigenvalue weighted by molar-refractivity contribution is 5.75. The van der Waals surface area contributed by atoms with Gasteiger partial charge in [0.25, 0.3) is 0 Å². The van der Waals surface area contributed by atoms with Gasteiger partial charge >= 0.3 is 12.3 Å². The van der Waals surface area contributed by atoms with Crippen molar-refractivity contribution in [3.8, 4) is 0 Å². The Kier molecular flexibility index (Phi) is 4.83. The van der Waals surface area contributed by atoms with Crippen LogP contribution in [-0.2, 0) is 17.5 Å². The number of pyridine rings is 1. The number of halogens is 3. The van der Waals surface area contributed by atoms with Gasteiger partial charge < -0.3 is 4.74 Å². The van der Waals surface area contributed by atoms with Crippen molar-refractivity contribution < 1.29 is 22.7 Å². The van der Waals surface area contributed by atoms with Crippen LogP contribution in [0.3, 0.4) is 0 Å². The molecule has 1 fully saturated rings. The van der Waals surface area contributed by atoms with Gasteiger partial charge in [-0.15, -0.1) is 0 Å². The van der Waals surface area contributed by atoms with Crippen molar-refractivity contribution >= 4 is 11.7 Å². The standard InChI is InChI=1S/C21H19F3N2O2/c22-21(23,24)19-18(7-4-10-25-19)15-11-16-8-9-17(12-15)26(16)20(27)28-13-14-5-2-1-3-6-14/h1-7,10-11,16-17H,8-9,12-13H2. The Bertz CT molecular complexity index is 896. The Balaban J connectivity index is 1.52. The van der Waals surface area contributed by atoms with E-state index in [2.05, 4.69) is 4.98 Å². The smallest absolute Gasteiger partial charge is 0.433 e. The van der Waals surface area contributed by atoms with E-state index in [1.165, 1.54) is 12.1 Å². The highest BCUT2D eigenvalue weighted by Gasteiger charge is 2.43. The molecular formula is C21H19F3N2O2. The summed E-state index contributed by atoms with van der Waals surface area (Å²) in [7, 11) is 0. The number of alkyl halides is 3. The van der Waals surface area contributed by atoms with Gasteiger partial charge in [-0.25, -0.2) is 4.79 Å². The van der Waals surface area contributed by atoms with Crippen LogP contribution >= 0.6 is 0 Å². The van der Waals surface area contributed by atoms with E-state index in [0.29, 0.717) is 12.0 Å². The second-order valence-electron chi connectivity index (χ2n) is 7.04. The number of benzene rings is 1. The van der Waals surface area contributed by atoms with Crippen LogP contribution in [0.4, 0.5) is 18.0 Å². The molecule has 0 spiro atoms. The molecule has 28 heavy (non-hydrogen) atoms. The molecule has 2 aliphatic heterocycles. The van der Waals surface area contributed by atoms with E-state index < -0.39 is 18.0 Å². The number of hydrogen-bond acceptors (Lipinski definition) is 3. The monoisotopic (exact) mass is 388 g/mol. The van der Waals surface area contributed by atoms with E-state index in [4.69, 9.17) is 4.74 Å². The van der Waals surface area contributed by atoms with Crippen molar-refractivity contribution in [2.45, 2.75) is 44.1 Å². The van der Waals surface area contributed by atoms with Gasteiger partial charge in [-0.2, -0.15) is 13.2 Å². The summed E-state index contributed by atoms with van der Waals surface area (Å²) in [5.41, 5.74) is 0.714. The minimum Gasteiger partial charge on any atom is -0.445 e. The summed E-state index contributed by atoms with van der Waals surface area (Å²) in [5, 5.41) is 0. The molecule has 1 amide bonds. The van der Waals surface area contributed by atoms with Gasteiger partial charge in [-0.3, -0.25) is 9.88 Å². The number of rotatable bonds is 3. The van der Waals surface area contributed by atoms with Crippen LogP contribution < -0.4 is 0 Å². The van der Waals surface area contributed by atoms with Crippen molar-refractivity contribution in [1.82, 2.24) is 9.88 Å². The van der Waals surface area contributed by atoms with E-state index in [-0.39, 0.29) is 24.3 Å². The summed E-state index contributed by atoms with van der Waals surface area (Å²) in [4.78, 5) is 17.8. The molecule has 2 bridgehead atoms. The lowest BCUT2D eigenvalue weighted by molar-refractivity contribution is -0.141. The number of nitrogens with zero attached hydrogens (tertiary/aromatic N) is 2. The summed E-state index contributed by atoms with van der Waals surface area (Å²) >= 11 is 0. The van der Waals surface area contributed by atoms with E-state index >= 15 is 0 Å². The van der Waals surface area contributed by atoms with Crippen molar-refractivity contribution in [3.63, 3.8) is 0 Å². The van der Waals surface area contributed by atoms with Gasteiger partial charge in [0.15, 0.2) is 5.69 Å². The molecule has 7 heteroatoms. The fraction of sp³-hybridized carbons (Fsp3) is 0.333. The normalized spacial score (nSPS) is 21.4. The molecule has 2 aliphatic rings. The molecule has 2 atom stereocenters. The topological polar surface area (TPSA) is 42.4 Å². The molecule has 2 aromatic rings. The minimum absolute atomic E-state index is 0.101. The van der Waals surface area contributed by atoms with Gasteiger partial charge in [0.2, 0.25) is 0 Å². The Morgan fingerprint density at radius 2 is 1.93 bits per heavy atom. The number of aromatic nitrogens is 1. The average molecular weight is 388 g/mol. The summed E-state index contributed by atoms with van der Waals surface area (Å²) < 4.78 is 45.3. The third-order valence-corrected chi connectivity index (χ3v) is 5.23. The molecule has 4 rings (SSSR count). The molecule has 0 saturated carbocycles. The first-order valence-corrected chi connectivity index (χ1v) is 9.16. The molecule has 0 N–H and O–H groups in total. The zero-order valence-corrected chi connectivity index (χ0v) is 15.0. The molecule has 1 aromatic carbocycles. The molecule has 2 unspecified atom stereocenters. The second-order valence-corrected chi connectivity index (χ2v) is 7.04. The van der Waals surface area contributed by atoms with Gasteiger partial charge in [-0.05, 0) is 36.5 Å². The maximum atomic E-state index is 13.3. The van der Waals surface area contributed by atoms with Crippen molar-refractivity contribution in [3.05, 3.63) is 71.6 Å². The predicted octanol–water partition coefficient (Wildman–Crippen LogP) is 5.06. The van der Waals surface area contributed by atoms with Crippen molar-refractivity contribution in [2.24, 2.45) is 0 Å². The molecule has 4 nitrogen and oxygen atoms in total. The lowest BCUT2D eigenvalue weighted by atomic mass is 9.93. The first kappa shape index (κ1) is 18.5. The Labute approximate surface area is 160 Å². The Morgan fingerprint density at radius 3 is 2.64 bits per heavy atom. The van der Waals surface area contributed by atoms with Crippen molar-refractivity contribution in [2.75, 3.05) is 0 Å².